The van der Waals surface area contributed by atoms with Crippen molar-refractivity contribution in [3.8, 4) is 5.75 Å². The normalized spacial score (nSPS) is 11.9. The highest BCUT2D eigenvalue weighted by Crippen LogP contribution is 2.23. The lowest BCUT2D eigenvalue weighted by Gasteiger charge is -2.21. The molecule has 2 rings (SSSR count). The number of rotatable bonds is 8. The van der Waals surface area contributed by atoms with E-state index in [1.54, 1.807) is 0 Å². The second-order valence-electron chi connectivity index (χ2n) is 6.77. The highest BCUT2D eigenvalue weighted by atomic mass is 16.5. The van der Waals surface area contributed by atoms with Crippen LogP contribution in [-0.4, -0.2) is 25.1 Å². The topological polar surface area (TPSA) is 76.4 Å². The van der Waals surface area contributed by atoms with Gasteiger partial charge in [-0.1, -0.05) is 19.9 Å². The van der Waals surface area contributed by atoms with Crippen LogP contribution in [0.3, 0.4) is 0 Å². The Balaban J connectivity index is 2.09. The van der Waals surface area contributed by atoms with E-state index in [-0.39, 0.29) is 5.91 Å². The van der Waals surface area contributed by atoms with Crippen molar-refractivity contribution in [2.75, 3.05) is 23.8 Å². The monoisotopic (exact) mass is 355 g/mol. The average Bonchev–Trinajstić information content (AvgIpc) is 2.62. The van der Waals surface area contributed by atoms with E-state index in [2.05, 4.69) is 31.4 Å². The third-order valence-corrected chi connectivity index (χ3v) is 4.46. The number of hydrogen-bond acceptors (Lipinski definition) is 4. The van der Waals surface area contributed by atoms with Gasteiger partial charge in [0.25, 0.3) is 5.91 Å². The van der Waals surface area contributed by atoms with Crippen LogP contribution in [0.5, 0.6) is 5.75 Å². The molecule has 26 heavy (non-hydrogen) atoms. The van der Waals surface area contributed by atoms with Crippen LogP contribution in [-0.2, 0) is 0 Å². The molecule has 2 aromatic carbocycles. The molecule has 0 aliphatic carbocycles. The quantitative estimate of drug-likeness (QED) is 0.668. The predicted molar refractivity (Wildman–Crippen MR) is 108 cm³/mol. The minimum atomic E-state index is -0.126. The lowest BCUT2D eigenvalue weighted by Crippen LogP contribution is -2.23. The number of anilines is 2. The van der Waals surface area contributed by atoms with Crippen molar-refractivity contribution in [3.63, 3.8) is 0 Å². The summed E-state index contributed by atoms with van der Waals surface area (Å²) in [6, 6.07) is 13.4. The Labute approximate surface area is 155 Å². The third kappa shape index (κ3) is 5.23. The number of nitrogens with one attached hydrogen (secondary N) is 2. The second kappa shape index (κ2) is 9.25. The first-order valence-electron chi connectivity index (χ1n) is 9.02. The van der Waals surface area contributed by atoms with Gasteiger partial charge in [-0.25, -0.2) is 0 Å². The van der Waals surface area contributed by atoms with Gasteiger partial charge >= 0.3 is 0 Å². The largest absolute Gasteiger partial charge is 0.492 e. The van der Waals surface area contributed by atoms with Crippen molar-refractivity contribution >= 4 is 17.3 Å². The maximum atomic E-state index is 12.7. The molecule has 140 valence electrons. The third-order valence-electron chi connectivity index (χ3n) is 4.46. The summed E-state index contributed by atoms with van der Waals surface area (Å²) in [6.07, 6.45) is 0. The van der Waals surface area contributed by atoms with Gasteiger partial charge in [0.15, 0.2) is 0 Å². The van der Waals surface area contributed by atoms with Crippen molar-refractivity contribution in [1.82, 2.24) is 0 Å². The van der Waals surface area contributed by atoms with E-state index in [0.29, 0.717) is 30.7 Å². The van der Waals surface area contributed by atoms with Gasteiger partial charge in [-0.2, -0.15) is 0 Å². The predicted octanol–water partition coefficient (Wildman–Crippen LogP) is 4.04. The van der Waals surface area contributed by atoms with Crippen molar-refractivity contribution < 1.29 is 9.53 Å². The molecule has 1 unspecified atom stereocenters. The highest BCUT2D eigenvalue weighted by molar-refractivity contribution is 6.06. The molecular weight excluding hydrogens is 326 g/mol. The van der Waals surface area contributed by atoms with Crippen LogP contribution in [0.25, 0.3) is 0 Å². The van der Waals surface area contributed by atoms with Gasteiger partial charge in [0.2, 0.25) is 0 Å². The number of benzene rings is 2. The molecule has 0 bridgehead atoms. The van der Waals surface area contributed by atoms with Gasteiger partial charge in [0.05, 0.1) is 0 Å². The van der Waals surface area contributed by atoms with E-state index < -0.39 is 0 Å². The van der Waals surface area contributed by atoms with Crippen molar-refractivity contribution in [1.29, 1.82) is 0 Å². The maximum absolute atomic E-state index is 12.7. The zero-order valence-electron chi connectivity index (χ0n) is 16.0. The van der Waals surface area contributed by atoms with E-state index in [9.17, 15) is 4.79 Å². The van der Waals surface area contributed by atoms with E-state index in [4.69, 9.17) is 10.5 Å². The minimum Gasteiger partial charge on any atom is -0.492 e. The fourth-order valence-corrected chi connectivity index (χ4v) is 2.46. The summed E-state index contributed by atoms with van der Waals surface area (Å²) in [5.41, 5.74) is 8.74. The van der Waals surface area contributed by atoms with Gasteiger partial charge in [0.1, 0.15) is 12.4 Å². The molecule has 5 heteroatoms. The molecule has 0 aromatic heterocycles. The summed E-state index contributed by atoms with van der Waals surface area (Å²) in [4.78, 5) is 12.7. The van der Waals surface area contributed by atoms with E-state index >= 15 is 0 Å². The Morgan fingerprint density at radius 3 is 2.42 bits per heavy atom. The second-order valence-corrected chi connectivity index (χ2v) is 6.77. The molecule has 0 spiro atoms. The van der Waals surface area contributed by atoms with Crippen LogP contribution < -0.4 is 21.1 Å². The van der Waals surface area contributed by atoms with Crippen LogP contribution in [0.4, 0.5) is 11.4 Å². The summed E-state index contributed by atoms with van der Waals surface area (Å²) in [6.45, 7) is 9.39. The standard InChI is InChI=1S/C21H29N3O2/c1-14(2)16(4)23-20-7-5-6-19(15(20)3)21(25)24-17-8-10-18(11-9-17)26-13-12-22/h5-11,14,16,23H,12-13,22H2,1-4H3,(H,24,25). The summed E-state index contributed by atoms with van der Waals surface area (Å²) in [5, 5.41) is 6.43. The van der Waals surface area contributed by atoms with E-state index in [0.717, 1.165) is 22.7 Å². The van der Waals surface area contributed by atoms with Gasteiger partial charge < -0.3 is 21.1 Å². The Morgan fingerprint density at radius 1 is 1.12 bits per heavy atom. The highest BCUT2D eigenvalue weighted by Gasteiger charge is 2.14. The molecule has 0 aliphatic heterocycles. The fraction of sp³-hybridized carbons (Fsp3) is 0.381. The smallest absolute Gasteiger partial charge is 0.256 e. The van der Waals surface area contributed by atoms with Crippen molar-refractivity contribution in [2.24, 2.45) is 11.7 Å². The zero-order chi connectivity index (χ0) is 19.1. The summed E-state index contributed by atoms with van der Waals surface area (Å²) < 4.78 is 5.44. The zero-order valence-corrected chi connectivity index (χ0v) is 16.0. The lowest BCUT2D eigenvalue weighted by atomic mass is 10.0. The number of amides is 1. The van der Waals surface area contributed by atoms with Crippen LogP contribution in [0, 0.1) is 12.8 Å². The number of carbonyl (C=O) groups is 1. The van der Waals surface area contributed by atoms with Crippen LogP contribution in [0.2, 0.25) is 0 Å². The molecule has 0 heterocycles. The van der Waals surface area contributed by atoms with Gasteiger partial charge in [-0.15, -0.1) is 0 Å². The van der Waals surface area contributed by atoms with Gasteiger partial charge in [-0.05, 0) is 61.7 Å². The van der Waals surface area contributed by atoms with E-state index in [1.807, 2.05) is 49.4 Å². The average molecular weight is 355 g/mol. The lowest BCUT2D eigenvalue weighted by molar-refractivity contribution is 0.102. The molecule has 0 saturated carbocycles. The van der Waals surface area contributed by atoms with Crippen LogP contribution >= 0.6 is 0 Å². The Hall–Kier alpha value is -2.53. The van der Waals surface area contributed by atoms with Crippen LogP contribution in [0.1, 0.15) is 36.7 Å². The number of nitrogens with two attached hydrogens (primary N) is 1. The number of ether oxygens (including phenoxy) is 1. The molecule has 0 saturated heterocycles. The molecule has 2 aromatic rings. The van der Waals surface area contributed by atoms with Crippen molar-refractivity contribution in [2.45, 2.75) is 33.7 Å². The molecule has 0 radical (unpaired) electrons. The van der Waals surface area contributed by atoms with Gasteiger partial charge in [-0.3, -0.25) is 4.79 Å². The molecule has 5 nitrogen and oxygen atoms in total. The Bertz CT molecular complexity index is 727. The molecule has 0 aliphatic rings. The fourth-order valence-electron chi connectivity index (χ4n) is 2.46. The number of carbonyl (C=O) groups excluding carboxylic acids is 1. The first kappa shape index (κ1) is 19.8. The Kier molecular flexibility index (Phi) is 7.04. The van der Waals surface area contributed by atoms with Crippen LogP contribution in [0.15, 0.2) is 42.5 Å². The summed E-state index contributed by atoms with van der Waals surface area (Å²) >= 11 is 0. The first-order chi connectivity index (χ1) is 12.4. The SMILES string of the molecule is Cc1c(NC(C)C(C)C)cccc1C(=O)Nc1ccc(OCCN)cc1. The first-order valence-corrected chi connectivity index (χ1v) is 9.02. The summed E-state index contributed by atoms with van der Waals surface area (Å²) in [7, 11) is 0. The number of hydrogen-bond donors (Lipinski definition) is 3. The molecule has 1 atom stereocenters. The van der Waals surface area contributed by atoms with E-state index in [1.165, 1.54) is 0 Å². The maximum Gasteiger partial charge on any atom is 0.256 e. The molecule has 4 N–H and O–H groups in total. The summed E-state index contributed by atoms with van der Waals surface area (Å²) in [5.74, 6) is 1.12. The Morgan fingerprint density at radius 2 is 1.81 bits per heavy atom. The molecular formula is C21H29N3O2. The molecule has 0 fully saturated rings. The van der Waals surface area contributed by atoms with Gasteiger partial charge in [0, 0.05) is 29.5 Å². The minimum absolute atomic E-state index is 0.126. The molecule has 1 amide bonds. The van der Waals surface area contributed by atoms with Crippen molar-refractivity contribution in [3.05, 3.63) is 53.6 Å².